The van der Waals surface area contributed by atoms with Crippen LogP contribution in [0, 0.1) is 18.3 Å². The monoisotopic (exact) mass is 288 g/mol. The molecule has 1 atom stereocenters. The normalized spacial score (nSPS) is 12.1. The number of nitrogen functional groups attached to an aromatic ring is 1. The quantitative estimate of drug-likeness (QED) is 0.363. The molecule has 0 aromatic heterocycles. The number of aliphatic carboxylic acids is 1. The van der Waals surface area contributed by atoms with E-state index in [0.717, 1.165) is 5.56 Å². The molecule has 0 bridgehead atoms. The summed E-state index contributed by atoms with van der Waals surface area (Å²) in [5.41, 5.74) is 7.55. The van der Waals surface area contributed by atoms with Gasteiger partial charge in [0.25, 0.3) is 5.91 Å². The molecule has 1 aromatic carbocycles. The second-order valence-electron chi connectivity index (χ2n) is 4.44. The molecule has 0 saturated heterocycles. The molecule has 7 heteroatoms. The van der Waals surface area contributed by atoms with Crippen molar-refractivity contribution in [3.8, 4) is 6.07 Å². The lowest BCUT2D eigenvalue weighted by molar-refractivity contribution is -0.140. The second kappa shape index (κ2) is 6.96. The van der Waals surface area contributed by atoms with Crippen LogP contribution >= 0.6 is 0 Å². The summed E-state index contributed by atoms with van der Waals surface area (Å²) in [7, 11) is 0. The number of rotatable bonds is 5. The molecule has 7 nitrogen and oxygen atoms in total. The summed E-state index contributed by atoms with van der Waals surface area (Å²) in [4.78, 5) is 22.4. The van der Waals surface area contributed by atoms with Crippen molar-refractivity contribution >= 4 is 23.3 Å². The van der Waals surface area contributed by atoms with E-state index < -0.39 is 17.9 Å². The molecule has 1 unspecified atom stereocenters. The van der Waals surface area contributed by atoms with E-state index in [1.807, 2.05) is 13.0 Å². The van der Waals surface area contributed by atoms with Crippen LogP contribution in [-0.4, -0.2) is 23.0 Å². The van der Waals surface area contributed by atoms with Gasteiger partial charge in [-0.05, 0) is 31.5 Å². The molecule has 0 aliphatic carbocycles. The van der Waals surface area contributed by atoms with Crippen LogP contribution in [0.5, 0.6) is 0 Å². The number of nitrogens with two attached hydrogens (primary N) is 1. The molecule has 5 N–H and O–H groups in total. The van der Waals surface area contributed by atoms with Crippen LogP contribution in [0.25, 0.3) is 0 Å². The molecule has 1 rings (SSSR count). The highest BCUT2D eigenvalue weighted by Gasteiger charge is 2.17. The number of benzene rings is 1. The lowest BCUT2D eigenvalue weighted by Crippen LogP contribution is -2.39. The Bertz CT molecular complexity index is 632. The third-order valence-electron chi connectivity index (χ3n) is 2.66. The van der Waals surface area contributed by atoms with Gasteiger partial charge in [0.05, 0.1) is 11.4 Å². The Kier molecular flexibility index (Phi) is 5.31. The lowest BCUT2D eigenvalue weighted by Gasteiger charge is -2.09. The van der Waals surface area contributed by atoms with E-state index in [2.05, 4.69) is 10.6 Å². The van der Waals surface area contributed by atoms with Gasteiger partial charge in [0, 0.05) is 6.20 Å². The molecule has 0 aliphatic heterocycles. The summed E-state index contributed by atoms with van der Waals surface area (Å²) in [5.74, 6) is -1.96. The number of amides is 1. The van der Waals surface area contributed by atoms with E-state index in [1.54, 1.807) is 18.2 Å². The van der Waals surface area contributed by atoms with Crippen molar-refractivity contribution in [3.05, 3.63) is 35.5 Å². The fraction of sp³-hybridized carbons (Fsp3) is 0.214. The Morgan fingerprint density at radius 2 is 2.14 bits per heavy atom. The Hall–Kier alpha value is -3.01. The van der Waals surface area contributed by atoms with Crippen molar-refractivity contribution < 1.29 is 14.7 Å². The van der Waals surface area contributed by atoms with E-state index in [9.17, 15) is 9.59 Å². The summed E-state index contributed by atoms with van der Waals surface area (Å²) in [5, 5.41) is 22.6. The molecule has 0 aliphatic rings. The molecular formula is C14H16N4O3. The van der Waals surface area contributed by atoms with Gasteiger partial charge in [-0.3, -0.25) is 9.59 Å². The number of anilines is 2. The van der Waals surface area contributed by atoms with Crippen LogP contribution in [0.4, 0.5) is 11.4 Å². The van der Waals surface area contributed by atoms with Gasteiger partial charge in [-0.15, -0.1) is 0 Å². The average Bonchev–Trinajstić information content (AvgIpc) is 2.41. The van der Waals surface area contributed by atoms with Crippen LogP contribution in [0.2, 0.25) is 0 Å². The second-order valence-corrected chi connectivity index (χ2v) is 4.44. The van der Waals surface area contributed by atoms with Crippen molar-refractivity contribution in [1.82, 2.24) is 5.32 Å². The van der Waals surface area contributed by atoms with Crippen molar-refractivity contribution in [3.63, 3.8) is 0 Å². The maximum Gasteiger partial charge on any atom is 0.325 e. The molecule has 21 heavy (non-hydrogen) atoms. The molecular weight excluding hydrogens is 272 g/mol. The van der Waals surface area contributed by atoms with Crippen molar-refractivity contribution in [1.29, 1.82) is 5.26 Å². The average molecular weight is 288 g/mol. The Balaban J connectivity index is 2.83. The molecule has 1 amide bonds. The van der Waals surface area contributed by atoms with Gasteiger partial charge >= 0.3 is 5.97 Å². The summed E-state index contributed by atoms with van der Waals surface area (Å²) >= 11 is 0. The molecule has 110 valence electrons. The molecule has 0 radical (unpaired) electrons. The van der Waals surface area contributed by atoms with Gasteiger partial charge in [0.2, 0.25) is 0 Å². The van der Waals surface area contributed by atoms with E-state index in [1.165, 1.54) is 13.1 Å². The number of carbonyl (C=O) groups is 2. The molecule has 0 fully saturated rings. The van der Waals surface area contributed by atoms with Gasteiger partial charge in [-0.25, -0.2) is 0 Å². The number of nitrogens with one attached hydrogen (secondary N) is 2. The van der Waals surface area contributed by atoms with Gasteiger partial charge in [-0.2, -0.15) is 5.26 Å². The zero-order chi connectivity index (χ0) is 16.0. The molecule has 0 saturated carbocycles. The third-order valence-corrected chi connectivity index (χ3v) is 2.66. The summed E-state index contributed by atoms with van der Waals surface area (Å²) in [6.07, 6.45) is 1.19. The fourth-order valence-corrected chi connectivity index (χ4v) is 1.45. The summed E-state index contributed by atoms with van der Waals surface area (Å²) < 4.78 is 0. The number of hydrogen-bond acceptors (Lipinski definition) is 5. The van der Waals surface area contributed by atoms with Crippen LogP contribution in [0.1, 0.15) is 12.5 Å². The Labute approximate surface area is 122 Å². The lowest BCUT2D eigenvalue weighted by atomic mass is 10.2. The first-order chi connectivity index (χ1) is 9.85. The van der Waals surface area contributed by atoms with E-state index >= 15 is 0 Å². The van der Waals surface area contributed by atoms with Crippen LogP contribution in [0.3, 0.4) is 0 Å². The fourth-order valence-electron chi connectivity index (χ4n) is 1.45. The van der Waals surface area contributed by atoms with E-state index in [-0.39, 0.29) is 5.57 Å². The number of aryl methyl sites for hydroxylation is 1. The van der Waals surface area contributed by atoms with Crippen molar-refractivity contribution in [2.24, 2.45) is 0 Å². The third kappa shape index (κ3) is 4.54. The number of carboxylic acid groups (broad SMARTS) is 1. The minimum absolute atomic E-state index is 0.247. The highest BCUT2D eigenvalue weighted by atomic mass is 16.4. The van der Waals surface area contributed by atoms with Gasteiger partial charge in [0.1, 0.15) is 17.7 Å². The number of nitrogens with zero attached hydrogens (tertiary/aromatic N) is 1. The predicted octanol–water partition coefficient (Wildman–Crippen LogP) is 0.986. The van der Waals surface area contributed by atoms with Gasteiger partial charge in [0.15, 0.2) is 0 Å². The standard InChI is InChI=1S/C14H16N4O3/c1-8-3-4-12(11(16)5-8)17-7-10(6-15)13(19)18-9(2)14(20)21/h3-5,7,9,17H,16H2,1-2H3,(H,18,19)(H,20,21)/b10-7-. The Morgan fingerprint density at radius 1 is 1.48 bits per heavy atom. The largest absolute Gasteiger partial charge is 0.480 e. The maximum atomic E-state index is 11.7. The zero-order valence-corrected chi connectivity index (χ0v) is 11.7. The van der Waals surface area contributed by atoms with Crippen LogP contribution < -0.4 is 16.4 Å². The number of carbonyl (C=O) groups excluding carboxylic acids is 1. The van der Waals surface area contributed by atoms with Gasteiger partial charge in [-0.1, -0.05) is 6.07 Å². The molecule has 0 spiro atoms. The first kappa shape index (κ1) is 16.0. The highest BCUT2D eigenvalue weighted by Crippen LogP contribution is 2.19. The van der Waals surface area contributed by atoms with Crippen molar-refractivity contribution in [2.75, 3.05) is 11.1 Å². The maximum absolute atomic E-state index is 11.7. The van der Waals surface area contributed by atoms with E-state index in [0.29, 0.717) is 11.4 Å². The summed E-state index contributed by atoms with van der Waals surface area (Å²) in [6, 6.07) is 5.90. The van der Waals surface area contributed by atoms with Crippen molar-refractivity contribution in [2.45, 2.75) is 19.9 Å². The van der Waals surface area contributed by atoms with Crippen LogP contribution in [-0.2, 0) is 9.59 Å². The van der Waals surface area contributed by atoms with Crippen LogP contribution in [0.15, 0.2) is 30.0 Å². The minimum atomic E-state index is -1.18. The number of hydrogen-bond donors (Lipinski definition) is 4. The first-order valence-corrected chi connectivity index (χ1v) is 6.11. The summed E-state index contributed by atoms with van der Waals surface area (Å²) in [6.45, 7) is 3.19. The number of nitriles is 1. The highest BCUT2D eigenvalue weighted by molar-refractivity contribution is 5.99. The predicted molar refractivity (Wildman–Crippen MR) is 78.2 cm³/mol. The number of carboxylic acids is 1. The van der Waals surface area contributed by atoms with E-state index in [4.69, 9.17) is 16.1 Å². The van der Waals surface area contributed by atoms with Gasteiger partial charge < -0.3 is 21.5 Å². The smallest absolute Gasteiger partial charge is 0.325 e. The zero-order valence-electron chi connectivity index (χ0n) is 11.7. The SMILES string of the molecule is Cc1ccc(N/C=C(/C#N)C(=O)NC(C)C(=O)O)c(N)c1. The topological polar surface area (TPSA) is 128 Å². The molecule has 0 heterocycles. The molecule has 1 aromatic rings. The Morgan fingerprint density at radius 3 is 2.67 bits per heavy atom. The first-order valence-electron chi connectivity index (χ1n) is 6.11. The minimum Gasteiger partial charge on any atom is -0.480 e.